The predicted octanol–water partition coefficient (Wildman–Crippen LogP) is 2.25. The summed E-state index contributed by atoms with van der Waals surface area (Å²) in [5, 5.41) is 3.34. The van der Waals surface area contributed by atoms with Crippen LogP contribution in [0.5, 0.6) is 0 Å². The van der Waals surface area contributed by atoms with Gasteiger partial charge < -0.3 is 10.2 Å². The maximum Gasteiger partial charge on any atom is 0.0136 e. The van der Waals surface area contributed by atoms with Gasteiger partial charge in [0.1, 0.15) is 0 Å². The SMILES string of the molecule is CNCC1CCC1N1CCCCCCC1. The zero-order chi connectivity index (χ0) is 10.5. The van der Waals surface area contributed by atoms with Crippen LogP contribution in [0.25, 0.3) is 0 Å². The molecule has 0 bridgehead atoms. The lowest BCUT2D eigenvalue weighted by atomic mass is 9.78. The van der Waals surface area contributed by atoms with Gasteiger partial charge in [-0.1, -0.05) is 19.3 Å². The second kappa shape index (κ2) is 5.86. The molecule has 2 nitrogen and oxygen atoms in total. The van der Waals surface area contributed by atoms with Gasteiger partial charge in [-0.2, -0.15) is 0 Å². The summed E-state index contributed by atoms with van der Waals surface area (Å²) >= 11 is 0. The van der Waals surface area contributed by atoms with E-state index < -0.39 is 0 Å². The molecule has 2 fully saturated rings. The summed E-state index contributed by atoms with van der Waals surface area (Å²) in [5.74, 6) is 0.939. The molecule has 0 aromatic carbocycles. The molecular weight excluding hydrogens is 184 g/mol. The van der Waals surface area contributed by atoms with Crippen molar-refractivity contribution < 1.29 is 0 Å². The number of hydrogen-bond acceptors (Lipinski definition) is 2. The van der Waals surface area contributed by atoms with Crippen LogP contribution in [-0.4, -0.2) is 37.6 Å². The van der Waals surface area contributed by atoms with Crippen molar-refractivity contribution in [3.63, 3.8) is 0 Å². The monoisotopic (exact) mass is 210 g/mol. The Kier molecular flexibility index (Phi) is 4.45. The first-order valence-electron chi connectivity index (χ1n) is 6.80. The van der Waals surface area contributed by atoms with Gasteiger partial charge in [0.05, 0.1) is 0 Å². The number of hydrogen-bond donors (Lipinski definition) is 1. The van der Waals surface area contributed by atoms with Crippen LogP contribution >= 0.6 is 0 Å². The van der Waals surface area contributed by atoms with Crippen molar-refractivity contribution in [3.8, 4) is 0 Å². The van der Waals surface area contributed by atoms with Crippen LogP contribution in [0, 0.1) is 5.92 Å². The first-order valence-corrected chi connectivity index (χ1v) is 6.80. The Morgan fingerprint density at radius 1 is 1.00 bits per heavy atom. The van der Waals surface area contributed by atoms with Crippen molar-refractivity contribution in [1.82, 2.24) is 10.2 Å². The Bertz CT molecular complexity index is 173. The van der Waals surface area contributed by atoms with Gasteiger partial charge >= 0.3 is 0 Å². The fourth-order valence-corrected chi connectivity index (χ4v) is 3.14. The first kappa shape index (κ1) is 11.4. The molecule has 2 heteroatoms. The summed E-state index contributed by atoms with van der Waals surface area (Å²) in [6, 6.07) is 0.913. The van der Waals surface area contributed by atoms with E-state index in [4.69, 9.17) is 0 Å². The van der Waals surface area contributed by atoms with Gasteiger partial charge in [-0.05, 0) is 58.3 Å². The highest BCUT2D eigenvalue weighted by Crippen LogP contribution is 2.32. The van der Waals surface area contributed by atoms with Gasteiger partial charge in [-0.15, -0.1) is 0 Å². The third-order valence-electron chi connectivity index (χ3n) is 4.20. The molecule has 1 aliphatic carbocycles. The van der Waals surface area contributed by atoms with Gasteiger partial charge in [0.2, 0.25) is 0 Å². The Morgan fingerprint density at radius 2 is 1.67 bits per heavy atom. The minimum atomic E-state index is 0.913. The van der Waals surface area contributed by atoms with E-state index in [2.05, 4.69) is 17.3 Å². The molecule has 1 saturated carbocycles. The summed E-state index contributed by atoms with van der Waals surface area (Å²) in [6.07, 6.45) is 10.2. The molecule has 88 valence electrons. The van der Waals surface area contributed by atoms with Crippen LogP contribution in [0.2, 0.25) is 0 Å². The van der Waals surface area contributed by atoms with E-state index in [-0.39, 0.29) is 0 Å². The van der Waals surface area contributed by atoms with E-state index in [1.54, 1.807) is 0 Å². The van der Waals surface area contributed by atoms with Crippen molar-refractivity contribution in [1.29, 1.82) is 0 Å². The highest BCUT2D eigenvalue weighted by atomic mass is 15.2. The molecule has 15 heavy (non-hydrogen) atoms. The Hall–Kier alpha value is -0.0800. The van der Waals surface area contributed by atoms with Crippen LogP contribution in [-0.2, 0) is 0 Å². The minimum Gasteiger partial charge on any atom is -0.319 e. The van der Waals surface area contributed by atoms with E-state index in [0.717, 1.165) is 12.0 Å². The number of likely N-dealkylation sites (tertiary alicyclic amines) is 1. The molecule has 0 radical (unpaired) electrons. The third kappa shape index (κ3) is 2.94. The summed E-state index contributed by atoms with van der Waals surface area (Å²) < 4.78 is 0. The zero-order valence-corrected chi connectivity index (χ0v) is 10.2. The van der Waals surface area contributed by atoms with Crippen molar-refractivity contribution >= 4 is 0 Å². The van der Waals surface area contributed by atoms with Gasteiger partial charge in [-0.25, -0.2) is 0 Å². The molecule has 2 unspecified atom stereocenters. The van der Waals surface area contributed by atoms with E-state index in [1.165, 1.54) is 64.6 Å². The highest BCUT2D eigenvalue weighted by Gasteiger charge is 2.34. The van der Waals surface area contributed by atoms with Crippen molar-refractivity contribution in [3.05, 3.63) is 0 Å². The molecule has 1 saturated heterocycles. The molecular formula is C13H26N2. The van der Waals surface area contributed by atoms with E-state index in [1.807, 2.05) is 0 Å². The van der Waals surface area contributed by atoms with Gasteiger partial charge in [-0.3, -0.25) is 0 Å². The Labute approximate surface area is 94.4 Å². The first-order chi connectivity index (χ1) is 7.42. The summed E-state index contributed by atoms with van der Waals surface area (Å²) in [7, 11) is 2.09. The molecule has 1 aliphatic heterocycles. The average Bonchev–Trinajstić information content (AvgIpc) is 2.16. The van der Waals surface area contributed by atoms with Gasteiger partial charge in [0.15, 0.2) is 0 Å². The Balaban J connectivity index is 1.79. The molecule has 1 N–H and O–H groups in total. The lowest BCUT2D eigenvalue weighted by molar-refractivity contribution is 0.0563. The van der Waals surface area contributed by atoms with Crippen LogP contribution < -0.4 is 5.32 Å². The highest BCUT2D eigenvalue weighted by molar-refractivity contribution is 4.90. The number of nitrogens with one attached hydrogen (secondary N) is 1. The lowest BCUT2D eigenvalue weighted by Crippen LogP contribution is -2.51. The third-order valence-corrected chi connectivity index (χ3v) is 4.20. The quantitative estimate of drug-likeness (QED) is 0.768. The molecule has 2 rings (SSSR count). The Morgan fingerprint density at radius 3 is 2.20 bits per heavy atom. The largest absolute Gasteiger partial charge is 0.319 e. The van der Waals surface area contributed by atoms with Crippen molar-refractivity contribution in [2.75, 3.05) is 26.7 Å². The molecule has 0 amide bonds. The molecule has 2 aliphatic rings. The maximum atomic E-state index is 3.34. The second-order valence-electron chi connectivity index (χ2n) is 5.27. The summed E-state index contributed by atoms with van der Waals surface area (Å²) in [4.78, 5) is 2.78. The number of rotatable bonds is 3. The molecule has 0 aromatic heterocycles. The predicted molar refractivity (Wildman–Crippen MR) is 65.1 cm³/mol. The van der Waals surface area contributed by atoms with Gasteiger partial charge in [0.25, 0.3) is 0 Å². The van der Waals surface area contributed by atoms with Crippen molar-refractivity contribution in [2.45, 2.75) is 51.0 Å². The van der Waals surface area contributed by atoms with E-state index in [9.17, 15) is 0 Å². The standard InChI is InChI=1S/C13H26N2/c1-14-11-12-7-8-13(12)15-9-5-3-2-4-6-10-15/h12-14H,2-11H2,1H3. The summed E-state index contributed by atoms with van der Waals surface area (Å²) in [6.45, 7) is 3.96. The van der Waals surface area contributed by atoms with Crippen LogP contribution in [0.1, 0.15) is 44.9 Å². The van der Waals surface area contributed by atoms with Gasteiger partial charge in [0, 0.05) is 6.04 Å². The van der Waals surface area contributed by atoms with E-state index >= 15 is 0 Å². The molecule has 2 atom stereocenters. The normalized spacial score (nSPS) is 34.2. The van der Waals surface area contributed by atoms with Crippen LogP contribution in [0.3, 0.4) is 0 Å². The number of nitrogens with zero attached hydrogens (tertiary/aromatic N) is 1. The van der Waals surface area contributed by atoms with Crippen LogP contribution in [0.15, 0.2) is 0 Å². The minimum absolute atomic E-state index is 0.913. The zero-order valence-electron chi connectivity index (χ0n) is 10.2. The van der Waals surface area contributed by atoms with Crippen LogP contribution in [0.4, 0.5) is 0 Å². The summed E-state index contributed by atoms with van der Waals surface area (Å²) in [5.41, 5.74) is 0. The molecule has 1 heterocycles. The lowest BCUT2D eigenvalue weighted by Gasteiger charge is -2.45. The molecule has 0 aromatic rings. The topological polar surface area (TPSA) is 15.3 Å². The fraction of sp³-hybridized carbons (Fsp3) is 1.00. The molecule has 0 spiro atoms. The smallest absolute Gasteiger partial charge is 0.0136 e. The van der Waals surface area contributed by atoms with E-state index in [0.29, 0.717) is 0 Å². The second-order valence-corrected chi connectivity index (χ2v) is 5.27. The average molecular weight is 210 g/mol. The van der Waals surface area contributed by atoms with Crippen molar-refractivity contribution in [2.24, 2.45) is 5.92 Å². The fourth-order valence-electron chi connectivity index (χ4n) is 3.14. The maximum absolute atomic E-state index is 3.34.